The lowest BCUT2D eigenvalue weighted by Gasteiger charge is -2.17. The highest BCUT2D eigenvalue weighted by Gasteiger charge is 2.39. The molecule has 4 amide bonds. The molecule has 0 radical (unpaired) electrons. The van der Waals surface area contributed by atoms with Gasteiger partial charge >= 0.3 is 6.03 Å². The third kappa shape index (κ3) is 6.05. The normalized spacial score (nSPS) is 14.4. The molecule has 37 heavy (non-hydrogen) atoms. The summed E-state index contributed by atoms with van der Waals surface area (Å²) < 4.78 is 41.8. The van der Waals surface area contributed by atoms with Gasteiger partial charge in [-0.3, -0.25) is 9.59 Å². The summed E-state index contributed by atoms with van der Waals surface area (Å²) in [4.78, 5) is 40.3. The van der Waals surface area contributed by atoms with Crippen LogP contribution in [0.2, 0.25) is 0 Å². The summed E-state index contributed by atoms with van der Waals surface area (Å²) in [5, 5.41) is 5.01. The molecule has 1 heterocycles. The maximum atomic E-state index is 15.0. The smallest absolute Gasteiger partial charge is 0.316 e. The Morgan fingerprint density at radius 2 is 1.84 bits per heavy atom. The van der Waals surface area contributed by atoms with Crippen LogP contribution in [0.5, 0.6) is 0 Å². The number of nitrogens with two attached hydrogens (primary N) is 1. The van der Waals surface area contributed by atoms with Crippen molar-refractivity contribution in [2.24, 2.45) is 5.73 Å². The number of amides is 4. The molecule has 2 aromatic carbocycles. The molecule has 3 aromatic rings. The van der Waals surface area contributed by atoms with Crippen molar-refractivity contribution in [1.82, 2.24) is 15.6 Å². The van der Waals surface area contributed by atoms with Gasteiger partial charge in [-0.15, -0.1) is 11.3 Å². The van der Waals surface area contributed by atoms with E-state index in [1.54, 1.807) is 24.3 Å². The molecule has 1 aliphatic rings. The lowest BCUT2D eigenvalue weighted by molar-refractivity contribution is -0.126. The molecule has 1 aliphatic carbocycles. The number of primary amides is 1. The first-order valence-corrected chi connectivity index (χ1v) is 13.9. The number of fused-ring (bicyclic) bond motifs is 1. The first-order valence-electron chi connectivity index (χ1n) is 11.5. The van der Waals surface area contributed by atoms with E-state index < -0.39 is 44.0 Å². The second-order valence-corrected chi connectivity index (χ2v) is 12.7. The topological polar surface area (TPSA) is 160 Å². The molecular formula is C24H26FN5O5S2. The minimum absolute atomic E-state index is 0.0126. The molecular weight excluding hydrogens is 521 g/mol. The van der Waals surface area contributed by atoms with E-state index in [1.807, 2.05) is 0 Å². The minimum atomic E-state index is -4.02. The van der Waals surface area contributed by atoms with E-state index in [1.165, 1.54) is 26.0 Å². The highest BCUT2D eigenvalue weighted by molar-refractivity contribution is 7.93. The standard InChI is InChI=1S/C24H26FN5O5S2/c1-12(2)37(34,35)21(22(32)27-11-20(31)28-14-7-8-14)23-30-18-10-17(25)16(9-19(18)36-23)13-3-5-15(6-4-13)29-24(26)33/h3-6,9-10,12,14,21H,7-8,11H2,1-2H3,(H,27,32)(H,28,31)(H3,26,29,33). The maximum Gasteiger partial charge on any atom is 0.316 e. The van der Waals surface area contributed by atoms with Crippen molar-refractivity contribution in [2.45, 2.75) is 43.2 Å². The van der Waals surface area contributed by atoms with Gasteiger partial charge in [0.25, 0.3) is 0 Å². The second-order valence-electron chi connectivity index (χ2n) is 9.00. The third-order valence-electron chi connectivity index (χ3n) is 5.77. The number of nitrogens with one attached hydrogen (secondary N) is 3. The van der Waals surface area contributed by atoms with Crippen molar-refractivity contribution in [3.05, 3.63) is 47.2 Å². The van der Waals surface area contributed by atoms with Crippen molar-refractivity contribution in [2.75, 3.05) is 11.9 Å². The SMILES string of the molecule is CC(C)S(=O)(=O)C(C(=O)NCC(=O)NC1CC1)c1nc2cc(F)c(-c3ccc(NC(N)=O)cc3)cc2s1. The van der Waals surface area contributed by atoms with E-state index in [0.717, 1.165) is 24.2 Å². The Kier molecular flexibility index (Phi) is 7.46. The van der Waals surface area contributed by atoms with E-state index in [9.17, 15) is 27.2 Å². The molecule has 0 bridgehead atoms. The number of carbonyl (C=O) groups is 3. The molecule has 4 rings (SSSR count). The Morgan fingerprint density at radius 3 is 2.43 bits per heavy atom. The second kappa shape index (κ2) is 10.4. The number of aromatic nitrogens is 1. The number of nitrogens with zero attached hydrogens (tertiary/aromatic N) is 1. The summed E-state index contributed by atoms with van der Waals surface area (Å²) in [5.74, 6) is -1.86. The van der Waals surface area contributed by atoms with Crippen LogP contribution in [0.15, 0.2) is 36.4 Å². The molecule has 5 N–H and O–H groups in total. The van der Waals surface area contributed by atoms with Crippen LogP contribution in [0.1, 0.15) is 36.9 Å². The van der Waals surface area contributed by atoms with Crippen LogP contribution in [0.4, 0.5) is 14.9 Å². The zero-order valence-corrected chi connectivity index (χ0v) is 21.7. The maximum absolute atomic E-state index is 15.0. The minimum Gasteiger partial charge on any atom is -0.352 e. The first-order chi connectivity index (χ1) is 17.5. The number of sulfone groups is 1. The number of carbonyl (C=O) groups excluding carboxylic acids is 3. The summed E-state index contributed by atoms with van der Waals surface area (Å²) in [6.45, 7) is 2.55. The fourth-order valence-electron chi connectivity index (χ4n) is 3.62. The van der Waals surface area contributed by atoms with Crippen molar-refractivity contribution < 1.29 is 27.2 Å². The van der Waals surface area contributed by atoms with Crippen molar-refractivity contribution in [3.8, 4) is 11.1 Å². The summed E-state index contributed by atoms with van der Waals surface area (Å²) in [7, 11) is -4.02. The molecule has 0 saturated heterocycles. The summed E-state index contributed by atoms with van der Waals surface area (Å²) in [6, 6.07) is 8.42. The Bertz CT molecular complexity index is 1470. The van der Waals surface area contributed by atoms with Gasteiger partial charge < -0.3 is 21.7 Å². The fourth-order valence-corrected chi connectivity index (χ4v) is 6.39. The zero-order valence-electron chi connectivity index (χ0n) is 20.1. The van der Waals surface area contributed by atoms with Gasteiger partial charge in [0.2, 0.25) is 11.8 Å². The number of rotatable bonds is 9. The number of thiazole rings is 1. The van der Waals surface area contributed by atoms with Gasteiger partial charge in [-0.05, 0) is 50.5 Å². The lowest BCUT2D eigenvalue weighted by Crippen LogP contribution is -2.42. The highest BCUT2D eigenvalue weighted by Crippen LogP contribution is 2.36. The van der Waals surface area contributed by atoms with Crippen LogP contribution in [0.25, 0.3) is 21.3 Å². The van der Waals surface area contributed by atoms with Gasteiger partial charge in [-0.25, -0.2) is 22.6 Å². The summed E-state index contributed by atoms with van der Waals surface area (Å²) >= 11 is 0.970. The third-order valence-corrected chi connectivity index (χ3v) is 9.41. The van der Waals surface area contributed by atoms with E-state index in [4.69, 9.17) is 5.73 Å². The monoisotopic (exact) mass is 547 g/mol. The Labute approximate surface area is 216 Å². The molecule has 0 aliphatic heterocycles. The molecule has 1 atom stereocenters. The first kappa shape index (κ1) is 26.5. The van der Waals surface area contributed by atoms with Gasteiger partial charge in [0, 0.05) is 23.4 Å². The van der Waals surface area contributed by atoms with Gasteiger partial charge in [-0.1, -0.05) is 12.1 Å². The molecule has 1 fully saturated rings. The largest absolute Gasteiger partial charge is 0.352 e. The van der Waals surface area contributed by atoms with Crippen molar-refractivity contribution in [3.63, 3.8) is 0 Å². The predicted octanol–water partition coefficient (Wildman–Crippen LogP) is 2.85. The summed E-state index contributed by atoms with van der Waals surface area (Å²) in [6.07, 6.45) is 1.76. The highest BCUT2D eigenvalue weighted by atomic mass is 32.2. The molecule has 10 nitrogen and oxygen atoms in total. The average molecular weight is 548 g/mol. The molecule has 0 spiro atoms. The van der Waals surface area contributed by atoms with Gasteiger partial charge in [-0.2, -0.15) is 0 Å². The van der Waals surface area contributed by atoms with Crippen LogP contribution in [0.3, 0.4) is 0 Å². The molecule has 1 unspecified atom stereocenters. The zero-order chi connectivity index (χ0) is 26.9. The molecule has 13 heteroatoms. The number of halogens is 1. The predicted molar refractivity (Wildman–Crippen MR) is 139 cm³/mol. The van der Waals surface area contributed by atoms with Gasteiger partial charge in [0.1, 0.15) is 10.8 Å². The average Bonchev–Trinajstić information content (AvgIpc) is 3.54. The van der Waals surface area contributed by atoms with E-state index in [2.05, 4.69) is 20.9 Å². The quantitative estimate of drug-likeness (QED) is 0.322. The fraction of sp³-hybridized carbons (Fsp3) is 0.333. The Hall–Kier alpha value is -3.58. The molecule has 196 valence electrons. The van der Waals surface area contributed by atoms with Gasteiger partial charge in [0.05, 0.1) is 22.0 Å². The van der Waals surface area contributed by atoms with Crippen LogP contribution in [-0.2, 0) is 19.4 Å². The molecule has 1 saturated carbocycles. The number of benzene rings is 2. The van der Waals surface area contributed by atoms with Crippen LogP contribution >= 0.6 is 11.3 Å². The Balaban J connectivity index is 1.65. The van der Waals surface area contributed by atoms with Crippen LogP contribution in [-0.4, -0.2) is 49.1 Å². The number of hydrogen-bond acceptors (Lipinski definition) is 7. The van der Waals surface area contributed by atoms with Crippen molar-refractivity contribution >= 4 is 54.9 Å². The van der Waals surface area contributed by atoms with Crippen LogP contribution < -0.4 is 21.7 Å². The van der Waals surface area contributed by atoms with E-state index in [0.29, 0.717) is 16.0 Å². The number of urea groups is 1. The Morgan fingerprint density at radius 1 is 1.16 bits per heavy atom. The van der Waals surface area contributed by atoms with Crippen LogP contribution in [0, 0.1) is 5.82 Å². The number of hydrogen-bond donors (Lipinski definition) is 4. The van der Waals surface area contributed by atoms with Crippen molar-refractivity contribution in [1.29, 1.82) is 0 Å². The van der Waals surface area contributed by atoms with E-state index >= 15 is 0 Å². The summed E-state index contributed by atoms with van der Waals surface area (Å²) in [5.41, 5.74) is 6.50. The number of anilines is 1. The van der Waals surface area contributed by atoms with E-state index in [-0.39, 0.29) is 28.7 Å². The lowest BCUT2D eigenvalue weighted by atomic mass is 10.0. The van der Waals surface area contributed by atoms with Gasteiger partial charge in [0.15, 0.2) is 15.1 Å². The molecule has 1 aromatic heterocycles.